The fourth-order valence-corrected chi connectivity index (χ4v) is 1.75. The summed E-state index contributed by atoms with van der Waals surface area (Å²) in [4.78, 5) is 11.3. The van der Waals surface area contributed by atoms with E-state index in [0.29, 0.717) is 6.42 Å². The Kier molecular flexibility index (Phi) is 4.32. The van der Waals surface area contributed by atoms with E-state index in [9.17, 15) is 4.79 Å². The quantitative estimate of drug-likeness (QED) is 0.793. The number of hydrogen-bond acceptors (Lipinski definition) is 2. The number of benzene rings is 1. The van der Waals surface area contributed by atoms with Crippen LogP contribution < -0.4 is 10.1 Å². The van der Waals surface area contributed by atoms with E-state index >= 15 is 0 Å². The summed E-state index contributed by atoms with van der Waals surface area (Å²) in [6, 6.07) is 7.81. The molecule has 0 saturated heterocycles. The van der Waals surface area contributed by atoms with Gasteiger partial charge < -0.3 is 10.1 Å². The molecular formula is C14H19NO2. The van der Waals surface area contributed by atoms with Crippen molar-refractivity contribution in [3.8, 4) is 5.75 Å². The van der Waals surface area contributed by atoms with Crippen LogP contribution in [0.15, 0.2) is 36.9 Å². The Bertz CT molecular complexity index is 410. The van der Waals surface area contributed by atoms with Crippen LogP contribution in [0.4, 0.5) is 0 Å². The van der Waals surface area contributed by atoms with E-state index in [-0.39, 0.29) is 11.4 Å². The average Bonchev–Trinajstić information content (AvgIpc) is 2.28. The molecule has 0 fully saturated rings. The highest BCUT2D eigenvalue weighted by Crippen LogP contribution is 2.22. The molecule has 0 aliphatic rings. The number of carbonyl (C=O) groups excluding carboxylic acids is 1. The Morgan fingerprint density at radius 2 is 2.12 bits per heavy atom. The molecule has 0 aliphatic carbocycles. The average molecular weight is 233 g/mol. The van der Waals surface area contributed by atoms with Gasteiger partial charge in [0.1, 0.15) is 5.75 Å². The Hall–Kier alpha value is -1.77. The summed E-state index contributed by atoms with van der Waals surface area (Å²) in [5.41, 5.74) is 0.740. The van der Waals surface area contributed by atoms with Gasteiger partial charge >= 0.3 is 0 Å². The summed E-state index contributed by atoms with van der Waals surface area (Å²) in [5.74, 6) is 0.679. The van der Waals surface area contributed by atoms with Crippen molar-refractivity contribution in [3.05, 3.63) is 42.5 Å². The van der Waals surface area contributed by atoms with E-state index in [2.05, 4.69) is 11.9 Å². The molecule has 0 bridgehead atoms. The van der Waals surface area contributed by atoms with Crippen molar-refractivity contribution >= 4 is 5.91 Å². The van der Waals surface area contributed by atoms with Crippen LogP contribution in [0, 0.1) is 0 Å². The van der Waals surface area contributed by atoms with Crippen LogP contribution in [-0.4, -0.2) is 18.6 Å². The number of amides is 1. The van der Waals surface area contributed by atoms with Gasteiger partial charge in [-0.3, -0.25) is 4.79 Å². The van der Waals surface area contributed by atoms with Crippen LogP contribution in [0.3, 0.4) is 0 Å². The van der Waals surface area contributed by atoms with Crippen molar-refractivity contribution in [2.45, 2.75) is 25.8 Å². The van der Waals surface area contributed by atoms with E-state index < -0.39 is 0 Å². The number of hydrogen-bond donors (Lipinski definition) is 1. The molecule has 0 unspecified atom stereocenters. The molecule has 1 aromatic carbocycles. The highest BCUT2D eigenvalue weighted by molar-refractivity contribution is 5.87. The summed E-state index contributed by atoms with van der Waals surface area (Å²) >= 11 is 0. The Morgan fingerprint density at radius 1 is 1.47 bits per heavy atom. The van der Waals surface area contributed by atoms with Gasteiger partial charge in [0.25, 0.3) is 0 Å². The number of methoxy groups -OCH3 is 1. The summed E-state index contributed by atoms with van der Waals surface area (Å²) < 4.78 is 5.29. The van der Waals surface area contributed by atoms with Crippen LogP contribution in [0.2, 0.25) is 0 Å². The molecule has 17 heavy (non-hydrogen) atoms. The predicted octanol–water partition coefficient (Wildman–Crippen LogP) is 2.32. The topological polar surface area (TPSA) is 38.3 Å². The number of para-hydroxylation sites is 1. The van der Waals surface area contributed by atoms with Crippen molar-refractivity contribution < 1.29 is 9.53 Å². The van der Waals surface area contributed by atoms with Gasteiger partial charge in [-0.05, 0) is 38.0 Å². The zero-order chi connectivity index (χ0) is 12.9. The van der Waals surface area contributed by atoms with E-state index in [4.69, 9.17) is 4.74 Å². The third-order valence-corrected chi connectivity index (χ3v) is 2.47. The Morgan fingerprint density at radius 3 is 2.71 bits per heavy atom. The second-order valence-electron chi connectivity index (χ2n) is 4.57. The van der Waals surface area contributed by atoms with Gasteiger partial charge in [0.15, 0.2) is 0 Å². The molecule has 3 heteroatoms. The first kappa shape index (κ1) is 13.3. The minimum absolute atomic E-state index is 0.162. The molecule has 92 valence electrons. The number of nitrogens with one attached hydrogen (secondary N) is 1. The van der Waals surface area contributed by atoms with Crippen molar-refractivity contribution in [2.24, 2.45) is 0 Å². The van der Waals surface area contributed by atoms with Gasteiger partial charge in [0, 0.05) is 5.54 Å². The lowest BCUT2D eigenvalue weighted by Crippen LogP contribution is -2.44. The first-order chi connectivity index (χ1) is 7.98. The third kappa shape index (κ3) is 3.94. The van der Waals surface area contributed by atoms with E-state index in [1.165, 1.54) is 6.08 Å². The molecular weight excluding hydrogens is 214 g/mol. The second kappa shape index (κ2) is 5.53. The first-order valence-corrected chi connectivity index (χ1v) is 5.55. The van der Waals surface area contributed by atoms with Crippen molar-refractivity contribution in [2.75, 3.05) is 7.11 Å². The number of rotatable bonds is 5. The smallest absolute Gasteiger partial charge is 0.243 e. The molecule has 0 heterocycles. The molecule has 0 radical (unpaired) electrons. The SMILES string of the molecule is C=CC(=O)NC(C)(C)Cc1ccccc1OC. The van der Waals surface area contributed by atoms with Gasteiger partial charge in [-0.25, -0.2) is 0 Å². The second-order valence-corrected chi connectivity index (χ2v) is 4.57. The van der Waals surface area contributed by atoms with Gasteiger partial charge in [0.2, 0.25) is 5.91 Å². The van der Waals surface area contributed by atoms with Gasteiger partial charge in [-0.15, -0.1) is 0 Å². The lowest BCUT2D eigenvalue weighted by molar-refractivity contribution is -0.117. The zero-order valence-electron chi connectivity index (χ0n) is 10.6. The molecule has 0 spiro atoms. The summed E-state index contributed by atoms with van der Waals surface area (Å²) in [6.45, 7) is 7.39. The number of ether oxygens (including phenoxy) is 1. The maximum Gasteiger partial charge on any atom is 0.243 e. The summed E-state index contributed by atoms with van der Waals surface area (Å²) in [7, 11) is 1.65. The minimum Gasteiger partial charge on any atom is -0.496 e. The maximum absolute atomic E-state index is 11.3. The fourth-order valence-electron chi connectivity index (χ4n) is 1.75. The molecule has 1 N–H and O–H groups in total. The monoisotopic (exact) mass is 233 g/mol. The van der Waals surface area contributed by atoms with Crippen molar-refractivity contribution in [1.29, 1.82) is 0 Å². The van der Waals surface area contributed by atoms with Gasteiger partial charge in [0.05, 0.1) is 7.11 Å². The molecule has 1 amide bonds. The summed E-state index contributed by atoms with van der Waals surface area (Å²) in [6.07, 6.45) is 1.99. The standard InChI is InChI=1S/C14H19NO2/c1-5-13(16)15-14(2,3)10-11-8-6-7-9-12(11)17-4/h5-9H,1,10H2,2-4H3,(H,15,16). The van der Waals surface area contributed by atoms with Crippen molar-refractivity contribution in [3.63, 3.8) is 0 Å². The first-order valence-electron chi connectivity index (χ1n) is 5.55. The Labute approximate surface area is 102 Å². The highest BCUT2D eigenvalue weighted by Gasteiger charge is 2.21. The molecule has 0 aliphatic heterocycles. The van der Waals surface area contributed by atoms with E-state index in [1.807, 2.05) is 38.1 Å². The maximum atomic E-state index is 11.3. The molecule has 1 aromatic rings. The van der Waals surface area contributed by atoms with Crippen LogP contribution in [-0.2, 0) is 11.2 Å². The lowest BCUT2D eigenvalue weighted by Gasteiger charge is -2.26. The minimum atomic E-state index is -0.333. The van der Waals surface area contributed by atoms with Gasteiger partial charge in [-0.2, -0.15) is 0 Å². The van der Waals surface area contributed by atoms with E-state index in [0.717, 1.165) is 11.3 Å². The highest BCUT2D eigenvalue weighted by atomic mass is 16.5. The van der Waals surface area contributed by atoms with E-state index in [1.54, 1.807) is 7.11 Å². The third-order valence-electron chi connectivity index (χ3n) is 2.47. The normalized spacial score (nSPS) is 10.8. The molecule has 0 saturated carbocycles. The van der Waals surface area contributed by atoms with Crippen molar-refractivity contribution in [1.82, 2.24) is 5.32 Å². The molecule has 0 aromatic heterocycles. The Balaban J connectivity index is 2.81. The molecule has 3 nitrogen and oxygen atoms in total. The predicted molar refractivity (Wildman–Crippen MR) is 69.1 cm³/mol. The van der Waals surface area contributed by atoms with Crippen LogP contribution >= 0.6 is 0 Å². The largest absolute Gasteiger partial charge is 0.496 e. The van der Waals surface area contributed by atoms with Gasteiger partial charge in [-0.1, -0.05) is 24.8 Å². The molecule has 1 rings (SSSR count). The lowest BCUT2D eigenvalue weighted by atomic mass is 9.94. The zero-order valence-corrected chi connectivity index (χ0v) is 10.6. The number of carbonyl (C=O) groups is 1. The van der Waals surface area contributed by atoms with Crippen LogP contribution in [0.25, 0.3) is 0 Å². The molecule has 0 atom stereocenters. The fraction of sp³-hybridized carbons (Fsp3) is 0.357. The summed E-state index contributed by atoms with van der Waals surface area (Å²) in [5, 5.41) is 2.89. The van der Waals surface area contributed by atoms with Crippen LogP contribution in [0.1, 0.15) is 19.4 Å². The van der Waals surface area contributed by atoms with Crippen LogP contribution in [0.5, 0.6) is 5.75 Å².